The lowest BCUT2D eigenvalue weighted by Crippen LogP contribution is -2.28. The van der Waals surface area contributed by atoms with Crippen LogP contribution in [0.5, 0.6) is 0 Å². The van der Waals surface area contributed by atoms with E-state index < -0.39 is 27.1 Å². The van der Waals surface area contributed by atoms with Gasteiger partial charge in [-0.25, -0.2) is 17.5 Å². The summed E-state index contributed by atoms with van der Waals surface area (Å²) in [5.74, 6) is -0.992. The quantitative estimate of drug-likeness (QED) is 0.666. The van der Waals surface area contributed by atoms with Crippen molar-refractivity contribution in [1.82, 2.24) is 4.72 Å². The third-order valence-electron chi connectivity index (χ3n) is 2.35. The highest BCUT2D eigenvalue weighted by molar-refractivity contribution is 8.00. The molecule has 0 aliphatic carbocycles. The molecule has 0 aliphatic heterocycles. The van der Waals surface area contributed by atoms with Crippen molar-refractivity contribution >= 4 is 21.8 Å². The Morgan fingerprint density at radius 1 is 1.20 bits per heavy atom. The molecule has 20 heavy (non-hydrogen) atoms. The van der Waals surface area contributed by atoms with Crippen LogP contribution in [-0.2, 0) is 10.0 Å². The maximum atomic E-state index is 13.1. The fraction of sp³-hybridized carbons (Fsp3) is 0.455. The third kappa shape index (κ3) is 4.95. The minimum absolute atomic E-state index is 0.101. The molecule has 0 fully saturated rings. The first-order chi connectivity index (χ1) is 9.03. The first-order valence-electron chi connectivity index (χ1n) is 5.50. The summed E-state index contributed by atoms with van der Waals surface area (Å²) in [5.41, 5.74) is -3.98. The molecular formula is C11H13F4NO2S2. The average Bonchev–Trinajstić information content (AvgIpc) is 2.21. The topological polar surface area (TPSA) is 46.2 Å². The molecule has 9 heteroatoms. The van der Waals surface area contributed by atoms with Crippen LogP contribution >= 0.6 is 11.8 Å². The second-order valence-electron chi connectivity index (χ2n) is 4.06. The van der Waals surface area contributed by atoms with Gasteiger partial charge < -0.3 is 0 Å². The minimum atomic E-state index is -4.40. The van der Waals surface area contributed by atoms with E-state index in [1.54, 1.807) is 0 Å². The normalized spacial score (nSPS) is 12.7. The minimum Gasteiger partial charge on any atom is -0.210 e. The van der Waals surface area contributed by atoms with Gasteiger partial charge in [-0.15, -0.1) is 0 Å². The van der Waals surface area contributed by atoms with E-state index in [1.807, 2.05) is 0 Å². The third-order valence-corrected chi connectivity index (χ3v) is 4.85. The van der Waals surface area contributed by atoms with Crippen molar-refractivity contribution in [3.8, 4) is 0 Å². The van der Waals surface area contributed by atoms with Gasteiger partial charge in [-0.05, 0) is 48.9 Å². The van der Waals surface area contributed by atoms with Gasteiger partial charge in [-0.3, -0.25) is 0 Å². The molecule has 0 heterocycles. The Morgan fingerprint density at radius 2 is 1.70 bits per heavy atom. The molecule has 1 aromatic carbocycles. The van der Waals surface area contributed by atoms with Crippen molar-refractivity contribution in [3.63, 3.8) is 0 Å². The number of halogens is 4. The van der Waals surface area contributed by atoms with Gasteiger partial charge in [0.1, 0.15) is 5.82 Å². The Kier molecular flexibility index (Phi) is 5.45. The monoisotopic (exact) mass is 331 g/mol. The number of benzene rings is 1. The number of hydrogen-bond donors (Lipinski definition) is 1. The van der Waals surface area contributed by atoms with Gasteiger partial charge in [0.15, 0.2) is 0 Å². The van der Waals surface area contributed by atoms with Crippen LogP contribution < -0.4 is 4.72 Å². The maximum Gasteiger partial charge on any atom is 0.441 e. The summed E-state index contributed by atoms with van der Waals surface area (Å²) in [6, 6.07) is 2.12. The van der Waals surface area contributed by atoms with Crippen molar-refractivity contribution in [2.45, 2.75) is 24.3 Å². The fourth-order valence-corrected chi connectivity index (χ4v) is 3.78. The number of thioether (sulfide) groups is 1. The molecule has 1 rings (SSSR count). The van der Waals surface area contributed by atoms with Crippen LogP contribution in [0, 0.1) is 19.7 Å². The van der Waals surface area contributed by atoms with Crippen LogP contribution in [0.4, 0.5) is 17.6 Å². The zero-order chi connectivity index (χ0) is 15.6. The van der Waals surface area contributed by atoms with E-state index in [4.69, 9.17) is 0 Å². The Balaban J connectivity index is 2.80. The van der Waals surface area contributed by atoms with Crippen molar-refractivity contribution in [1.29, 1.82) is 0 Å². The van der Waals surface area contributed by atoms with E-state index in [-0.39, 0.29) is 34.3 Å². The Bertz CT molecular complexity index is 562. The summed E-state index contributed by atoms with van der Waals surface area (Å²) < 4.78 is 74.9. The average molecular weight is 331 g/mol. The molecule has 0 atom stereocenters. The van der Waals surface area contributed by atoms with Crippen molar-refractivity contribution in [3.05, 3.63) is 29.1 Å². The van der Waals surface area contributed by atoms with Gasteiger partial charge in [0.25, 0.3) is 0 Å². The first kappa shape index (κ1) is 17.3. The van der Waals surface area contributed by atoms with Crippen molar-refractivity contribution in [2.24, 2.45) is 0 Å². The summed E-state index contributed by atoms with van der Waals surface area (Å²) in [6.45, 7) is 2.49. The lowest BCUT2D eigenvalue weighted by molar-refractivity contribution is -0.0327. The van der Waals surface area contributed by atoms with Gasteiger partial charge in [-0.2, -0.15) is 13.2 Å². The molecule has 3 nitrogen and oxygen atoms in total. The molecule has 0 aromatic heterocycles. The predicted octanol–water partition coefficient (Wildman–Crippen LogP) is 2.97. The standard InChI is InChI=1S/C11H13F4NO2S2/c1-7-5-9(12)6-8(2)10(7)20(17,18)16-3-4-19-11(13,14)15/h5-6,16H,3-4H2,1-2H3. The lowest BCUT2D eigenvalue weighted by atomic mass is 10.1. The zero-order valence-corrected chi connectivity index (χ0v) is 12.3. The summed E-state index contributed by atoms with van der Waals surface area (Å²) >= 11 is -0.307. The van der Waals surface area contributed by atoms with Crippen molar-refractivity contribution in [2.75, 3.05) is 12.3 Å². The summed E-state index contributed by atoms with van der Waals surface area (Å²) in [6.07, 6.45) is 0. The number of nitrogens with one attached hydrogen (secondary N) is 1. The number of sulfonamides is 1. The largest absolute Gasteiger partial charge is 0.441 e. The summed E-state index contributed by atoms with van der Waals surface area (Å²) in [4.78, 5) is -0.101. The molecule has 0 bridgehead atoms. The molecule has 0 spiro atoms. The van der Waals surface area contributed by atoms with E-state index in [9.17, 15) is 26.0 Å². The molecule has 0 amide bonds. The lowest BCUT2D eigenvalue weighted by Gasteiger charge is -2.12. The highest BCUT2D eigenvalue weighted by Crippen LogP contribution is 2.29. The Morgan fingerprint density at radius 3 is 2.15 bits per heavy atom. The molecule has 1 N–H and O–H groups in total. The van der Waals surface area contributed by atoms with Crippen LogP contribution in [-0.4, -0.2) is 26.2 Å². The molecule has 114 valence electrons. The van der Waals surface area contributed by atoms with E-state index >= 15 is 0 Å². The van der Waals surface area contributed by atoms with Gasteiger partial charge in [0.2, 0.25) is 10.0 Å². The van der Waals surface area contributed by atoms with E-state index in [2.05, 4.69) is 4.72 Å². The van der Waals surface area contributed by atoms with Crippen LogP contribution in [0.15, 0.2) is 17.0 Å². The number of hydrogen-bond acceptors (Lipinski definition) is 3. The van der Waals surface area contributed by atoms with E-state index in [0.717, 1.165) is 12.1 Å². The smallest absolute Gasteiger partial charge is 0.210 e. The molecule has 0 aliphatic rings. The second kappa shape index (κ2) is 6.31. The number of aryl methyl sites for hydroxylation is 2. The van der Waals surface area contributed by atoms with Crippen molar-refractivity contribution < 1.29 is 26.0 Å². The van der Waals surface area contributed by atoms with Gasteiger partial charge in [0, 0.05) is 12.3 Å². The van der Waals surface area contributed by atoms with Gasteiger partial charge >= 0.3 is 5.51 Å². The summed E-state index contributed by atoms with van der Waals surface area (Å²) in [5, 5.41) is 0. The van der Waals surface area contributed by atoms with Crippen LogP contribution in [0.3, 0.4) is 0 Å². The molecule has 0 saturated carbocycles. The Hall–Kier alpha value is -0.800. The molecule has 0 radical (unpaired) electrons. The molecular weight excluding hydrogens is 318 g/mol. The fourth-order valence-electron chi connectivity index (χ4n) is 1.74. The van der Waals surface area contributed by atoms with Gasteiger partial charge in [-0.1, -0.05) is 0 Å². The summed E-state index contributed by atoms with van der Waals surface area (Å²) in [7, 11) is -3.95. The molecule has 1 aromatic rings. The number of alkyl halides is 3. The van der Waals surface area contributed by atoms with Crippen LogP contribution in [0.25, 0.3) is 0 Å². The van der Waals surface area contributed by atoms with Gasteiger partial charge in [0.05, 0.1) is 4.90 Å². The SMILES string of the molecule is Cc1cc(F)cc(C)c1S(=O)(=O)NCCSC(F)(F)F. The highest BCUT2D eigenvalue weighted by atomic mass is 32.2. The maximum absolute atomic E-state index is 13.1. The second-order valence-corrected chi connectivity index (χ2v) is 6.92. The first-order valence-corrected chi connectivity index (χ1v) is 7.97. The highest BCUT2D eigenvalue weighted by Gasteiger charge is 2.28. The number of rotatable bonds is 5. The van der Waals surface area contributed by atoms with E-state index in [0.29, 0.717) is 0 Å². The van der Waals surface area contributed by atoms with Crippen LogP contribution in [0.1, 0.15) is 11.1 Å². The predicted molar refractivity (Wildman–Crippen MR) is 69.6 cm³/mol. The zero-order valence-electron chi connectivity index (χ0n) is 10.7. The van der Waals surface area contributed by atoms with E-state index in [1.165, 1.54) is 13.8 Å². The van der Waals surface area contributed by atoms with Crippen LogP contribution in [0.2, 0.25) is 0 Å². The molecule has 0 unspecified atom stereocenters. The molecule has 0 saturated heterocycles. The Labute approximate surface area is 118 Å².